The van der Waals surface area contributed by atoms with E-state index >= 15 is 0 Å². The lowest BCUT2D eigenvalue weighted by Crippen LogP contribution is -2.15. The average Bonchev–Trinajstić information content (AvgIpc) is 2.15. The Morgan fingerprint density at radius 3 is 2.27 bits per heavy atom. The number of rotatable bonds is 2. The number of Topliss-reactive ketones (excluding diaryl/α,β-unsaturated/α-hetero) is 1. The van der Waals surface area contributed by atoms with Crippen molar-refractivity contribution < 1.29 is 4.79 Å². The molecule has 0 atom stereocenters. The minimum atomic E-state index is -0.0436. The van der Waals surface area contributed by atoms with Crippen LogP contribution in [0.5, 0.6) is 0 Å². The van der Waals surface area contributed by atoms with E-state index in [1.807, 2.05) is 0 Å². The van der Waals surface area contributed by atoms with Gasteiger partial charge in [-0.15, -0.1) is 17.0 Å². The molecule has 0 aliphatic rings. The molecule has 5 heteroatoms. The van der Waals surface area contributed by atoms with Crippen molar-refractivity contribution in [1.82, 2.24) is 9.97 Å². The van der Waals surface area contributed by atoms with E-state index in [4.69, 9.17) is 0 Å². The summed E-state index contributed by atoms with van der Waals surface area (Å²) in [5.74, 6) is -0.0436. The molecule has 0 aliphatic heterocycles. The summed E-state index contributed by atoms with van der Waals surface area (Å²) < 4.78 is 0. The zero-order valence-electron chi connectivity index (χ0n) is 8.95. The van der Waals surface area contributed by atoms with Crippen LogP contribution in [0.15, 0.2) is 12.4 Å². The maximum absolute atomic E-state index is 11.2. The highest BCUT2D eigenvalue weighted by molar-refractivity contribution is 9.09. The Kier molecular flexibility index (Phi) is 5.59. The van der Waals surface area contributed by atoms with Crippen molar-refractivity contribution in [1.29, 1.82) is 0 Å². The molecular weight excluding hydrogens is 324 g/mol. The predicted molar refractivity (Wildman–Crippen MR) is 69.2 cm³/mol. The first kappa shape index (κ1) is 14.7. The molecule has 0 radical (unpaired) electrons. The van der Waals surface area contributed by atoms with Crippen LogP contribution in [-0.2, 0) is 5.41 Å². The molecule has 0 spiro atoms. The lowest BCUT2D eigenvalue weighted by Gasteiger charge is -2.16. The van der Waals surface area contributed by atoms with Gasteiger partial charge in [-0.05, 0) is 0 Å². The molecule has 1 aromatic heterocycles. The quantitative estimate of drug-likeness (QED) is 0.615. The van der Waals surface area contributed by atoms with E-state index in [9.17, 15) is 4.79 Å². The Balaban J connectivity index is 0.00000196. The standard InChI is InChI=1S/C10H13BrN2O.BrH/c1-10(2,3)9-6-12-7(5-13-9)8(14)4-11;/h5-6H,4H2,1-3H3;1H. The second-order valence-corrected chi connectivity index (χ2v) is 4.65. The van der Waals surface area contributed by atoms with Gasteiger partial charge >= 0.3 is 0 Å². The first-order valence-corrected chi connectivity index (χ1v) is 5.49. The van der Waals surface area contributed by atoms with Crippen LogP contribution in [-0.4, -0.2) is 21.1 Å². The van der Waals surface area contributed by atoms with Crippen LogP contribution in [0.4, 0.5) is 0 Å². The Morgan fingerprint density at radius 1 is 1.33 bits per heavy atom. The fourth-order valence-electron chi connectivity index (χ4n) is 0.928. The molecule has 1 aromatic rings. The van der Waals surface area contributed by atoms with Crippen LogP contribution in [0.1, 0.15) is 37.0 Å². The molecule has 3 nitrogen and oxygen atoms in total. The molecule has 0 saturated heterocycles. The van der Waals surface area contributed by atoms with E-state index < -0.39 is 0 Å². The van der Waals surface area contributed by atoms with E-state index in [-0.39, 0.29) is 33.5 Å². The maximum Gasteiger partial charge on any atom is 0.193 e. The van der Waals surface area contributed by atoms with Gasteiger partial charge in [-0.25, -0.2) is 4.98 Å². The number of halogens is 2. The summed E-state index contributed by atoms with van der Waals surface area (Å²) >= 11 is 3.09. The molecule has 0 aromatic carbocycles. The van der Waals surface area contributed by atoms with E-state index in [2.05, 4.69) is 46.7 Å². The number of ketones is 1. The molecule has 84 valence electrons. The number of aromatic nitrogens is 2. The van der Waals surface area contributed by atoms with Gasteiger partial charge in [-0.1, -0.05) is 36.7 Å². The van der Waals surface area contributed by atoms with Crippen LogP contribution in [0.3, 0.4) is 0 Å². The first-order chi connectivity index (χ1) is 6.45. The molecule has 0 saturated carbocycles. The highest BCUT2D eigenvalue weighted by Crippen LogP contribution is 2.18. The third-order valence-corrected chi connectivity index (χ3v) is 2.34. The molecule has 0 bridgehead atoms. The van der Waals surface area contributed by atoms with Crippen LogP contribution >= 0.6 is 32.9 Å². The summed E-state index contributed by atoms with van der Waals surface area (Å²) in [6, 6.07) is 0. The van der Waals surface area contributed by atoms with Crippen LogP contribution in [0.2, 0.25) is 0 Å². The highest BCUT2D eigenvalue weighted by Gasteiger charge is 2.16. The zero-order chi connectivity index (χ0) is 10.8. The van der Waals surface area contributed by atoms with Crippen molar-refractivity contribution in [3.8, 4) is 0 Å². The Bertz CT molecular complexity index is 330. The minimum Gasteiger partial charge on any atom is -0.291 e. The third-order valence-electron chi connectivity index (χ3n) is 1.83. The van der Waals surface area contributed by atoms with Crippen molar-refractivity contribution in [3.05, 3.63) is 23.8 Å². The molecule has 0 aliphatic carbocycles. The number of hydrogen-bond acceptors (Lipinski definition) is 3. The Hall–Kier alpha value is -0.290. The fraction of sp³-hybridized carbons (Fsp3) is 0.500. The van der Waals surface area contributed by atoms with Gasteiger partial charge in [0.1, 0.15) is 5.69 Å². The zero-order valence-corrected chi connectivity index (χ0v) is 12.2. The highest BCUT2D eigenvalue weighted by atomic mass is 79.9. The third kappa shape index (κ3) is 3.99. The summed E-state index contributed by atoms with van der Waals surface area (Å²) in [6.45, 7) is 6.18. The molecule has 1 heterocycles. The number of nitrogens with zero attached hydrogens (tertiary/aromatic N) is 2. The topological polar surface area (TPSA) is 42.9 Å². The molecule has 1 rings (SSSR count). The SMILES string of the molecule is Br.CC(C)(C)c1cnc(C(=O)CBr)cn1. The summed E-state index contributed by atoms with van der Waals surface area (Å²) in [4.78, 5) is 19.5. The molecule has 15 heavy (non-hydrogen) atoms. The summed E-state index contributed by atoms with van der Waals surface area (Å²) in [7, 11) is 0. The van der Waals surface area contributed by atoms with Gasteiger partial charge in [0.15, 0.2) is 5.78 Å². The summed E-state index contributed by atoms with van der Waals surface area (Å²) in [5.41, 5.74) is 1.28. The second kappa shape index (κ2) is 5.70. The summed E-state index contributed by atoms with van der Waals surface area (Å²) in [5, 5.41) is 0.288. The van der Waals surface area contributed by atoms with Gasteiger partial charge in [0.2, 0.25) is 0 Å². The van der Waals surface area contributed by atoms with Gasteiger partial charge in [0.05, 0.1) is 17.2 Å². The Morgan fingerprint density at radius 2 is 1.93 bits per heavy atom. The molecule has 0 unspecified atom stereocenters. The first-order valence-electron chi connectivity index (χ1n) is 4.37. The van der Waals surface area contributed by atoms with Crippen molar-refractivity contribution in [2.24, 2.45) is 0 Å². The minimum absolute atomic E-state index is 0. The number of carbonyl (C=O) groups excluding carboxylic acids is 1. The van der Waals surface area contributed by atoms with Crippen molar-refractivity contribution in [2.45, 2.75) is 26.2 Å². The molecular formula is C10H14Br2N2O. The fourth-order valence-corrected chi connectivity index (χ4v) is 1.22. The van der Waals surface area contributed by atoms with E-state index in [0.717, 1.165) is 5.69 Å². The summed E-state index contributed by atoms with van der Waals surface area (Å²) in [6.07, 6.45) is 3.19. The number of hydrogen-bond donors (Lipinski definition) is 0. The Labute approximate surface area is 109 Å². The lowest BCUT2D eigenvalue weighted by atomic mass is 9.93. The van der Waals surface area contributed by atoms with Crippen LogP contribution < -0.4 is 0 Å². The van der Waals surface area contributed by atoms with E-state index in [1.54, 1.807) is 6.20 Å². The maximum atomic E-state index is 11.2. The van der Waals surface area contributed by atoms with Gasteiger partial charge in [-0.3, -0.25) is 9.78 Å². The van der Waals surface area contributed by atoms with Gasteiger partial charge in [0.25, 0.3) is 0 Å². The molecule has 0 N–H and O–H groups in total. The predicted octanol–water partition coefficient (Wildman–Crippen LogP) is 2.93. The van der Waals surface area contributed by atoms with E-state index in [0.29, 0.717) is 5.69 Å². The number of carbonyl (C=O) groups is 1. The second-order valence-electron chi connectivity index (χ2n) is 4.09. The van der Waals surface area contributed by atoms with Crippen molar-refractivity contribution in [2.75, 3.05) is 5.33 Å². The normalized spacial score (nSPS) is 10.7. The average molecular weight is 338 g/mol. The van der Waals surface area contributed by atoms with E-state index in [1.165, 1.54) is 6.20 Å². The molecule has 0 fully saturated rings. The van der Waals surface area contributed by atoms with Crippen molar-refractivity contribution >= 4 is 38.7 Å². The largest absolute Gasteiger partial charge is 0.291 e. The smallest absolute Gasteiger partial charge is 0.193 e. The molecule has 0 amide bonds. The van der Waals surface area contributed by atoms with Crippen LogP contribution in [0.25, 0.3) is 0 Å². The van der Waals surface area contributed by atoms with Gasteiger partial charge in [-0.2, -0.15) is 0 Å². The van der Waals surface area contributed by atoms with Crippen LogP contribution in [0, 0.1) is 0 Å². The number of alkyl halides is 1. The van der Waals surface area contributed by atoms with Gasteiger partial charge in [0, 0.05) is 11.6 Å². The monoisotopic (exact) mass is 336 g/mol. The van der Waals surface area contributed by atoms with Gasteiger partial charge < -0.3 is 0 Å². The lowest BCUT2D eigenvalue weighted by molar-refractivity contribution is 0.101. The van der Waals surface area contributed by atoms with Crippen molar-refractivity contribution in [3.63, 3.8) is 0 Å².